The van der Waals surface area contributed by atoms with Crippen LogP contribution in [0.2, 0.25) is 0 Å². The minimum absolute atomic E-state index is 0.0779. The van der Waals surface area contributed by atoms with Gasteiger partial charge in [0.05, 0.1) is 0 Å². The Morgan fingerprint density at radius 2 is 2.12 bits per heavy atom. The number of alkyl halides is 2. The van der Waals surface area contributed by atoms with Crippen LogP contribution in [0.1, 0.15) is 18.1 Å². The molecule has 0 saturated carbocycles. The van der Waals surface area contributed by atoms with E-state index in [0.717, 1.165) is 6.92 Å². The minimum Gasteiger partial charge on any atom is -0.480 e. The van der Waals surface area contributed by atoms with Crippen molar-refractivity contribution in [1.29, 1.82) is 0 Å². The van der Waals surface area contributed by atoms with E-state index in [1.807, 2.05) is 0 Å². The molecule has 0 atom stereocenters. The molecule has 3 nitrogen and oxygen atoms in total. The van der Waals surface area contributed by atoms with E-state index >= 15 is 0 Å². The highest BCUT2D eigenvalue weighted by atomic mass is 19.3. The third-order valence-corrected chi connectivity index (χ3v) is 2.16. The zero-order valence-electron chi connectivity index (χ0n) is 9.05. The lowest BCUT2D eigenvalue weighted by molar-refractivity contribution is -0.134. The summed E-state index contributed by atoms with van der Waals surface area (Å²) >= 11 is 0. The first-order valence-corrected chi connectivity index (χ1v) is 4.75. The molecule has 0 spiro atoms. The predicted octanol–water partition coefficient (Wildman–Crippen LogP) is 2.60. The molecule has 1 aromatic rings. The van der Waals surface area contributed by atoms with Crippen LogP contribution >= 0.6 is 0 Å². The topological polar surface area (TPSA) is 49.3 Å². The fourth-order valence-corrected chi connectivity index (χ4v) is 1.31. The lowest BCUT2D eigenvalue weighted by Gasteiger charge is -2.14. The van der Waals surface area contributed by atoms with Gasteiger partial charge in [0.2, 0.25) is 0 Å². The number of benzene rings is 1. The van der Waals surface area contributed by atoms with Crippen molar-refractivity contribution in [3.05, 3.63) is 29.3 Å². The van der Waals surface area contributed by atoms with Gasteiger partial charge in [-0.05, 0) is 24.6 Å². The van der Waals surface area contributed by atoms with E-state index in [0.29, 0.717) is 11.3 Å². The van der Waals surface area contributed by atoms with Crippen molar-refractivity contribution in [3.63, 3.8) is 0 Å². The van der Waals surface area contributed by atoms with Gasteiger partial charge in [0.1, 0.15) is 6.54 Å². The summed E-state index contributed by atoms with van der Waals surface area (Å²) < 4.78 is 25.9. The first-order valence-electron chi connectivity index (χ1n) is 4.75. The molecule has 0 aliphatic rings. The van der Waals surface area contributed by atoms with Gasteiger partial charge in [0, 0.05) is 18.2 Å². The number of carboxylic acids is 1. The zero-order chi connectivity index (χ0) is 12.3. The SMILES string of the molecule is Cc1cc(C(C)(F)F)ccc1NCC(=O)O. The smallest absolute Gasteiger partial charge is 0.322 e. The van der Waals surface area contributed by atoms with Crippen LogP contribution in [0, 0.1) is 6.92 Å². The van der Waals surface area contributed by atoms with Crippen LogP contribution in [-0.2, 0) is 10.7 Å². The summed E-state index contributed by atoms with van der Waals surface area (Å²) in [5, 5.41) is 11.1. The van der Waals surface area contributed by atoms with Gasteiger partial charge in [-0.3, -0.25) is 4.79 Å². The third-order valence-electron chi connectivity index (χ3n) is 2.16. The third kappa shape index (κ3) is 3.18. The van der Waals surface area contributed by atoms with E-state index in [9.17, 15) is 13.6 Å². The number of halogens is 2. The Morgan fingerprint density at radius 3 is 2.56 bits per heavy atom. The summed E-state index contributed by atoms with van der Waals surface area (Å²) in [5.74, 6) is -3.87. The molecule has 0 aliphatic carbocycles. The normalized spacial score (nSPS) is 11.2. The fourth-order valence-electron chi connectivity index (χ4n) is 1.31. The van der Waals surface area contributed by atoms with Crippen molar-refractivity contribution in [2.75, 3.05) is 11.9 Å². The number of nitrogens with one attached hydrogen (secondary N) is 1. The quantitative estimate of drug-likeness (QED) is 0.834. The van der Waals surface area contributed by atoms with Crippen LogP contribution in [0.5, 0.6) is 0 Å². The molecule has 0 fully saturated rings. The number of rotatable bonds is 4. The molecule has 1 rings (SSSR count). The fraction of sp³-hybridized carbons (Fsp3) is 0.364. The van der Waals surface area contributed by atoms with Crippen molar-refractivity contribution in [1.82, 2.24) is 0 Å². The maximum absolute atomic E-state index is 13.0. The average molecular weight is 229 g/mol. The Balaban J connectivity index is 2.88. The number of carbonyl (C=O) groups is 1. The summed E-state index contributed by atoms with van der Waals surface area (Å²) in [6, 6.07) is 4.10. The molecule has 0 amide bonds. The Kier molecular flexibility index (Phi) is 3.47. The molecule has 1 aromatic carbocycles. The van der Waals surface area contributed by atoms with Crippen molar-refractivity contribution in [3.8, 4) is 0 Å². The summed E-state index contributed by atoms with van der Waals surface area (Å²) in [7, 11) is 0. The van der Waals surface area contributed by atoms with Crippen LogP contribution in [0.3, 0.4) is 0 Å². The van der Waals surface area contributed by atoms with Crippen LogP contribution in [0.15, 0.2) is 18.2 Å². The van der Waals surface area contributed by atoms with E-state index < -0.39 is 11.9 Å². The number of anilines is 1. The number of hydrogen-bond acceptors (Lipinski definition) is 2. The minimum atomic E-state index is -2.88. The molecular weight excluding hydrogens is 216 g/mol. The van der Waals surface area contributed by atoms with Crippen molar-refractivity contribution < 1.29 is 18.7 Å². The van der Waals surface area contributed by atoms with Crippen LogP contribution in [0.25, 0.3) is 0 Å². The Bertz CT molecular complexity index is 399. The lowest BCUT2D eigenvalue weighted by Crippen LogP contribution is -2.14. The first kappa shape index (κ1) is 12.4. The predicted molar refractivity (Wildman–Crippen MR) is 56.9 cm³/mol. The average Bonchev–Trinajstić information content (AvgIpc) is 2.14. The van der Waals surface area contributed by atoms with Crippen molar-refractivity contribution in [2.24, 2.45) is 0 Å². The van der Waals surface area contributed by atoms with E-state index in [2.05, 4.69) is 5.32 Å². The molecule has 0 bridgehead atoms. The number of hydrogen-bond donors (Lipinski definition) is 2. The van der Waals surface area contributed by atoms with Gasteiger partial charge in [-0.25, -0.2) is 8.78 Å². The van der Waals surface area contributed by atoms with Crippen molar-refractivity contribution in [2.45, 2.75) is 19.8 Å². The summed E-state index contributed by atoms with van der Waals surface area (Å²) in [5.41, 5.74) is 1.07. The molecule has 0 radical (unpaired) electrons. The van der Waals surface area contributed by atoms with Crippen LogP contribution < -0.4 is 5.32 Å². The Morgan fingerprint density at radius 1 is 1.50 bits per heavy atom. The van der Waals surface area contributed by atoms with E-state index in [4.69, 9.17) is 5.11 Å². The van der Waals surface area contributed by atoms with Gasteiger partial charge in [0.25, 0.3) is 5.92 Å². The van der Waals surface area contributed by atoms with Gasteiger partial charge < -0.3 is 10.4 Å². The molecule has 0 aromatic heterocycles. The van der Waals surface area contributed by atoms with Crippen LogP contribution in [-0.4, -0.2) is 17.6 Å². The number of carboxylic acid groups (broad SMARTS) is 1. The highest BCUT2D eigenvalue weighted by Gasteiger charge is 2.24. The van der Waals surface area contributed by atoms with E-state index in [-0.39, 0.29) is 12.1 Å². The standard InChI is InChI=1S/C11H13F2NO2/c1-7-5-8(11(2,12)13)3-4-9(7)14-6-10(15)16/h3-5,14H,6H2,1-2H3,(H,15,16). The lowest BCUT2D eigenvalue weighted by atomic mass is 10.1. The molecule has 5 heteroatoms. The molecule has 16 heavy (non-hydrogen) atoms. The summed E-state index contributed by atoms with van der Waals surface area (Å²) in [4.78, 5) is 10.3. The molecule has 0 aliphatic heterocycles. The van der Waals surface area contributed by atoms with E-state index in [1.54, 1.807) is 6.92 Å². The monoisotopic (exact) mass is 229 g/mol. The maximum Gasteiger partial charge on any atom is 0.322 e. The number of aryl methyl sites for hydroxylation is 1. The zero-order valence-corrected chi connectivity index (χ0v) is 9.05. The van der Waals surface area contributed by atoms with Crippen molar-refractivity contribution >= 4 is 11.7 Å². The first-order chi connectivity index (χ1) is 7.30. The molecule has 0 heterocycles. The number of aliphatic carboxylic acids is 1. The second-order valence-electron chi connectivity index (χ2n) is 3.67. The second kappa shape index (κ2) is 4.47. The van der Waals surface area contributed by atoms with Crippen LogP contribution in [0.4, 0.5) is 14.5 Å². The van der Waals surface area contributed by atoms with Gasteiger partial charge in [-0.1, -0.05) is 6.07 Å². The largest absolute Gasteiger partial charge is 0.480 e. The highest BCUT2D eigenvalue weighted by Crippen LogP contribution is 2.29. The van der Waals surface area contributed by atoms with Gasteiger partial charge in [-0.15, -0.1) is 0 Å². The highest BCUT2D eigenvalue weighted by molar-refractivity contribution is 5.73. The summed E-state index contributed by atoms with van der Waals surface area (Å²) in [6.07, 6.45) is 0. The molecule has 2 N–H and O–H groups in total. The second-order valence-corrected chi connectivity index (χ2v) is 3.67. The molecule has 88 valence electrons. The Hall–Kier alpha value is -1.65. The van der Waals surface area contributed by atoms with E-state index in [1.165, 1.54) is 18.2 Å². The molecule has 0 saturated heterocycles. The Labute approximate surface area is 92.1 Å². The van der Waals surface area contributed by atoms with Gasteiger partial charge >= 0.3 is 5.97 Å². The molecule has 0 unspecified atom stereocenters. The maximum atomic E-state index is 13.0. The van der Waals surface area contributed by atoms with Gasteiger partial charge in [0.15, 0.2) is 0 Å². The van der Waals surface area contributed by atoms with Gasteiger partial charge in [-0.2, -0.15) is 0 Å². The summed E-state index contributed by atoms with van der Waals surface area (Å²) in [6.45, 7) is 2.24. The molecular formula is C11H13F2NO2.